The van der Waals surface area contributed by atoms with Crippen molar-refractivity contribution in [1.82, 2.24) is 15.0 Å². The van der Waals surface area contributed by atoms with Crippen LogP contribution in [0.1, 0.15) is 71.4 Å². The fourth-order valence-electron chi connectivity index (χ4n) is 7.97. The Labute approximate surface area is 342 Å². The third kappa shape index (κ3) is 9.26. The zero-order valence-corrected chi connectivity index (χ0v) is 37.0. The molecule has 55 heavy (non-hydrogen) atoms. The Bertz CT molecular complexity index is 2370. The molecule has 0 N–H and O–H groups in total. The summed E-state index contributed by atoms with van der Waals surface area (Å²) in [5.41, 5.74) is 10.8. The van der Waals surface area contributed by atoms with Crippen LogP contribution >= 0.6 is 0 Å². The standard InChI is InChI=1S/C30H27N2O.C19H26NSi.Ir/c1-30(2,22-10-6-7-11-22)23-16-17-31-27(19-23)21-12-15-28-25(18-21)24-13-14-26(32-29(24)33-28)20-8-4-3-5-9-20;1-19(2,3)13-16-12-17(15-10-8-7-9-11-15)20-14-18(16)21(4,5)6;/h3-5,8-9,13-19,22H,6-7,10-11H2,1-2H3;7-10,12,14H,13H2,1-6H3;/q2*-1;. The molecule has 3 aromatic carbocycles. The van der Waals surface area contributed by atoms with E-state index in [0.717, 1.165) is 62.5 Å². The first-order valence-electron chi connectivity index (χ1n) is 19.5. The summed E-state index contributed by atoms with van der Waals surface area (Å²) < 4.78 is 6.09. The predicted molar refractivity (Wildman–Crippen MR) is 229 cm³/mol. The molecule has 1 aliphatic rings. The first kappa shape index (κ1) is 40.4. The van der Waals surface area contributed by atoms with Crippen LogP contribution in [0, 0.1) is 23.5 Å². The van der Waals surface area contributed by atoms with Crippen molar-refractivity contribution in [2.45, 2.75) is 91.8 Å². The largest absolute Gasteiger partial charge is 0.486 e. The second-order valence-corrected chi connectivity index (χ2v) is 22.8. The van der Waals surface area contributed by atoms with Gasteiger partial charge in [-0.1, -0.05) is 121 Å². The van der Waals surface area contributed by atoms with Gasteiger partial charge in [-0.3, -0.25) is 0 Å². The first-order chi connectivity index (χ1) is 25.8. The topological polar surface area (TPSA) is 51.8 Å². The van der Waals surface area contributed by atoms with Gasteiger partial charge in [-0.05, 0) is 76.3 Å². The third-order valence-electron chi connectivity index (χ3n) is 11.0. The van der Waals surface area contributed by atoms with Gasteiger partial charge in [-0.15, -0.1) is 59.7 Å². The van der Waals surface area contributed by atoms with Gasteiger partial charge >= 0.3 is 0 Å². The summed E-state index contributed by atoms with van der Waals surface area (Å²) in [6.45, 7) is 18.9. The van der Waals surface area contributed by atoms with Gasteiger partial charge in [0.2, 0.25) is 5.71 Å². The number of hydrogen-bond acceptors (Lipinski definition) is 4. The van der Waals surface area contributed by atoms with Crippen LogP contribution in [-0.4, -0.2) is 23.0 Å². The molecule has 4 aromatic heterocycles. The molecule has 0 saturated heterocycles. The molecule has 4 nitrogen and oxygen atoms in total. The maximum Gasteiger partial charge on any atom is 0.216 e. The molecule has 4 heterocycles. The number of furan rings is 1. The second kappa shape index (κ2) is 16.5. The molecular weight excluding hydrogens is 867 g/mol. The molecule has 0 atom stereocenters. The molecule has 0 amide bonds. The predicted octanol–water partition coefficient (Wildman–Crippen LogP) is 12.7. The second-order valence-electron chi connectivity index (χ2n) is 17.8. The van der Waals surface area contributed by atoms with E-state index in [1.54, 1.807) is 0 Å². The molecule has 0 aliphatic heterocycles. The zero-order chi connectivity index (χ0) is 38.1. The Hall–Kier alpha value is -4.22. The maximum atomic E-state index is 6.09. The minimum absolute atomic E-state index is 0. The third-order valence-corrected chi connectivity index (χ3v) is 13.1. The van der Waals surface area contributed by atoms with Gasteiger partial charge < -0.3 is 14.4 Å². The molecule has 0 unspecified atom stereocenters. The number of fused-ring (bicyclic) bond motifs is 3. The summed E-state index contributed by atoms with van der Waals surface area (Å²) in [6, 6.07) is 39.9. The van der Waals surface area contributed by atoms with E-state index in [9.17, 15) is 0 Å². The van der Waals surface area contributed by atoms with Crippen LogP contribution < -0.4 is 5.19 Å². The van der Waals surface area contributed by atoms with E-state index < -0.39 is 8.07 Å². The minimum Gasteiger partial charge on any atom is -0.486 e. The monoisotopic (exact) mass is 920 g/mol. The van der Waals surface area contributed by atoms with Crippen LogP contribution in [0.4, 0.5) is 0 Å². The maximum absolute atomic E-state index is 6.09. The van der Waals surface area contributed by atoms with Crippen LogP contribution in [0.3, 0.4) is 0 Å². The SMILES string of the molecule is CC(C)(C)Cc1cc(-c2[c-]cccc2)ncc1[Si](C)(C)C.CC(C)(c1ccnc(-c2[c-]cc3oc4nc(-c5ccccc5)ccc4c3c2)c1)C1CCCC1.[Ir]. The molecule has 0 bridgehead atoms. The van der Waals surface area contributed by atoms with Gasteiger partial charge in [0.05, 0.1) is 19.4 Å². The van der Waals surface area contributed by atoms with E-state index in [0.29, 0.717) is 5.71 Å². The minimum atomic E-state index is -1.37. The molecule has 0 spiro atoms. The molecule has 7 aromatic rings. The Balaban J connectivity index is 0.000000204. The van der Waals surface area contributed by atoms with Gasteiger partial charge in [0.25, 0.3) is 0 Å². The van der Waals surface area contributed by atoms with Gasteiger partial charge in [0.15, 0.2) is 0 Å². The normalized spacial score (nSPS) is 13.7. The Kier molecular flexibility index (Phi) is 12.1. The molecule has 1 radical (unpaired) electrons. The van der Waals surface area contributed by atoms with E-state index in [4.69, 9.17) is 19.4 Å². The van der Waals surface area contributed by atoms with Crippen molar-refractivity contribution in [3.8, 4) is 33.8 Å². The Morgan fingerprint density at radius 3 is 2.16 bits per heavy atom. The first-order valence-corrected chi connectivity index (χ1v) is 23.0. The summed E-state index contributed by atoms with van der Waals surface area (Å²) in [5.74, 6) is 0.738. The van der Waals surface area contributed by atoms with Gasteiger partial charge in [-0.25, -0.2) is 4.98 Å². The van der Waals surface area contributed by atoms with Crippen molar-refractivity contribution in [3.63, 3.8) is 0 Å². The van der Waals surface area contributed by atoms with Crippen LogP contribution in [0.15, 0.2) is 114 Å². The van der Waals surface area contributed by atoms with E-state index in [-0.39, 0.29) is 30.9 Å². The number of pyridine rings is 3. The van der Waals surface area contributed by atoms with Crippen molar-refractivity contribution < 1.29 is 24.5 Å². The van der Waals surface area contributed by atoms with Crippen LogP contribution in [-0.2, 0) is 31.9 Å². The average Bonchev–Trinajstić information content (AvgIpc) is 3.84. The number of hydrogen-bond donors (Lipinski definition) is 0. The van der Waals surface area contributed by atoms with E-state index in [1.165, 1.54) is 42.0 Å². The van der Waals surface area contributed by atoms with Crippen LogP contribution in [0.5, 0.6) is 0 Å². The quantitative estimate of drug-likeness (QED) is 0.118. The summed E-state index contributed by atoms with van der Waals surface area (Å²) >= 11 is 0. The summed E-state index contributed by atoms with van der Waals surface area (Å²) in [5, 5.41) is 3.55. The van der Waals surface area contributed by atoms with Gasteiger partial charge in [-0.2, -0.15) is 0 Å². The average molecular weight is 920 g/mol. The molecule has 6 heteroatoms. The van der Waals surface area contributed by atoms with Crippen molar-refractivity contribution in [3.05, 3.63) is 133 Å². The van der Waals surface area contributed by atoms with Crippen LogP contribution in [0.25, 0.3) is 55.8 Å². The van der Waals surface area contributed by atoms with Gasteiger partial charge in [0, 0.05) is 43.4 Å². The fraction of sp³-hybridized carbons (Fsp3) is 0.327. The summed E-state index contributed by atoms with van der Waals surface area (Å²) in [7, 11) is -1.37. The number of nitrogens with zero attached hydrogens (tertiary/aromatic N) is 3. The van der Waals surface area contributed by atoms with Gasteiger partial charge in [0.1, 0.15) is 0 Å². The summed E-state index contributed by atoms with van der Waals surface area (Å²) in [6.07, 6.45) is 10.5. The van der Waals surface area contributed by atoms with Crippen molar-refractivity contribution in [1.29, 1.82) is 0 Å². The Morgan fingerprint density at radius 2 is 1.47 bits per heavy atom. The van der Waals surface area contributed by atoms with E-state index in [2.05, 4.69) is 127 Å². The summed E-state index contributed by atoms with van der Waals surface area (Å²) in [4.78, 5) is 14.2. The molecular formula is C49H53IrN3OSi-2. The van der Waals surface area contributed by atoms with Crippen molar-refractivity contribution in [2.75, 3.05) is 0 Å². The molecule has 1 aliphatic carbocycles. The zero-order valence-electron chi connectivity index (χ0n) is 33.6. The molecule has 1 saturated carbocycles. The number of benzene rings is 3. The van der Waals surface area contributed by atoms with Crippen molar-refractivity contribution in [2.24, 2.45) is 11.3 Å². The number of rotatable bonds is 7. The Morgan fingerprint density at radius 1 is 0.745 bits per heavy atom. The van der Waals surface area contributed by atoms with E-state index >= 15 is 0 Å². The van der Waals surface area contributed by atoms with Crippen LogP contribution in [0.2, 0.25) is 19.6 Å². The van der Waals surface area contributed by atoms with Crippen molar-refractivity contribution >= 4 is 35.3 Å². The molecule has 285 valence electrons. The number of aromatic nitrogens is 3. The van der Waals surface area contributed by atoms with E-state index in [1.807, 2.05) is 48.7 Å². The smallest absolute Gasteiger partial charge is 0.216 e. The fourth-order valence-corrected chi connectivity index (χ4v) is 9.55. The molecule has 1 fully saturated rings. The molecule has 8 rings (SSSR count).